The second-order valence-electron chi connectivity index (χ2n) is 6.25. The van der Waals surface area contributed by atoms with Crippen LogP contribution < -0.4 is 9.47 Å². The van der Waals surface area contributed by atoms with Gasteiger partial charge in [-0.25, -0.2) is 0 Å². The third-order valence-electron chi connectivity index (χ3n) is 4.15. The lowest BCUT2D eigenvalue weighted by Crippen LogP contribution is -1.98. The Morgan fingerprint density at radius 1 is 0.926 bits per heavy atom. The van der Waals surface area contributed by atoms with Gasteiger partial charge < -0.3 is 9.47 Å². The zero-order valence-electron chi connectivity index (χ0n) is 15.5. The average Bonchev–Trinajstić information content (AvgIpc) is 2.71. The van der Waals surface area contributed by atoms with E-state index in [0.29, 0.717) is 23.7 Å². The minimum absolute atomic E-state index is 0.0259. The standard InChI is InChI=1S/C24H22O3/c1-18-7-6-10-21(15-18)22(25)13-11-19-12-14-23(24(16-19)26-2)27-17-20-8-4-3-5-9-20/h3-16H,17H2,1-2H3/b13-11+. The van der Waals surface area contributed by atoms with E-state index < -0.39 is 0 Å². The topological polar surface area (TPSA) is 35.5 Å². The Bertz CT molecular complexity index is 943. The summed E-state index contributed by atoms with van der Waals surface area (Å²) in [6.07, 6.45) is 3.36. The summed E-state index contributed by atoms with van der Waals surface area (Å²) in [5, 5.41) is 0. The molecule has 3 rings (SSSR count). The summed E-state index contributed by atoms with van der Waals surface area (Å²) in [5.41, 5.74) is 3.71. The minimum atomic E-state index is -0.0259. The van der Waals surface area contributed by atoms with Gasteiger partial charge in [-0.2, -0.15) is 0 Å². The molecule has 3 aromatic rings. The molecule has 0 unspecified atom stereocenters. The third kappa shape index (κ3) is 5.08. The Balaban J connectivity index is 1.70. The van der Waals surface area contributed by atoms with Gasteiger partial charge in [0, 0.05) is 5.56 Å². The Morgan fingerprint density at radius 2 is 1.74 bits per heavy atom. The first kappa shape index (κ1) is 18.5. The molecule has 0 spiro atoms. The van der Waals surface area contributed by atoms with Crippen LogP contribution in [-0.2, 0) is 6.61 Å². The molecule has 0 saturated heterocycles. The maximum Gasteiger partial charge on any atom is 0.185 e. The molecule has 0 fully saturated rings. The van der Waals surface area contributed by atoms with Crippen LogP contribution in [0.15, 0.2) is 78.9 Å². The molecule has 136 valence electrons. The molecule has 27 heavy (non-hydrogen) atoms. The summed E-state index contributed by atoms with van der Waals surface area (Å²) in [5.74, 6) is 1.28. The van der Waals surface area contributed by atoms with E-state index >= 15 is 0 Å². The molecule has 3 heteroatoms. The van der Waals surface area contributed by atoms with Crippen molar-refractivity contribution in [3.8, 4) is 11.5 Å². The van der Waals surface area contributed by atoms with Gasteiger partial charge in [-0.1, -0.05) is 66.2 Å². The van der Waals surface area contributed by atoms with E-state index in [1.165, 1.54) is 0 Å². The van der Waals surface area contributed by atoms with Crippen LogP contribution >= 0.6 is 0 Å². The second-order valence-corrected chi connectivity index (χ2v) is 6.25. The highest BCUT2D eigenvalue weighted by atomic mass is 16.5. The minimum Gasteiger partial charge on any atom is -0.493 e. The van der Waals surface area contributed by atoms with Crippen LogP contribution in [0.25, 0.3) is 6.08 Å². The molecule has 3 aromatic carbocycles. The number of methoxy groups -OCH3 is 1. The van der Waals surface area contributed by atoms with Crippen molar-refractivity contribution < 1.29 is 14.3 Å². The molecule has 0 amide bonds. The number of ketones is 1. The Labute approximate surface area is 159 Å². The highest BCUT2D eigenvalue weighted by molar-refractivity contribution is 6.06. The Morgan fingerprint density at radius 3 is 2.48 bits per heavy atom. The van der Waals surface area contributed by atoms with Crippen molar-refractivity contribution in [2.45, 2.75) is 13.5 Å². The molecular formula is C24H22O3. The molecule has 3 nitrogen and oxygen atoms in total. The van der Waals surface area contributed by atoms with Gasteiger partial charge in [0.05, 0.1) is 7.11 Å². The lowest BCUT2D eigenvalue weighted by atomic mass is 10.1. The molecule has 0 heterocycles. The van der Waals surface area contributed by atoms with E-state index in [1.807, 2.05) is 79.7 Å². The lowest BCUT2D eigenvalue weighted by Gasteiger charge is -2.11. The highest BCUT2D eigenvalue weighted by Gasteiger charge is 2.06. The first-order valence-electron chi connectivity index (χ1n) is 8.79. The summed E-state index contributed by atoms with van der Waals surface area (Å²) in [6.45, 7) is 2.44. The van der Waals surface area contributed by atoms with Crippen LogP contribution in [0, 0.1) is 6.92 Å². The van der Waals surface area contributed by atoms with Gasteiger partial charge in [-0.05, 0) is 42.3 Å². The predicted molar refractivity (Wildman–Crippen MR) is 108 cm³/mol. The van der Waals surface area contributed by atoms with Crippen LogP contribution in [0.1, 0.15) is 27.0 Å². The van der Waals surface area contributed by atoms with Gasteiger partial charge >= 0.3 is 0 Å². The van der Waals surface area contributed by atoms with Crippen LogP contribution in [0.3, 0.4) is 0 Å². The molecule has 0 aliphatic heterocycles. The highest BCUT2D eigenvalue weighted by Crippen LogP contribution is 2.29. The molecular weight excluding hydrogens is 336 g/mol. The van der Waals surface area contributed by atoms with Crippen molar-refractivity contribution in [1.29, 1.82) is 0 Å². The fourth-order valence-electron chi connectivity index (χ4n) is 2.71. The van der Waals surface area contributed by atoms with Gasteiger partial charge in [-0.15, -0.1) is 0 Å². The number of aryl methyl sites for hydroxylation is 1. The summed E-state index contributed by atoms with van der Waals surface area (Å²) in [4.78, 5) is 12.3. The number of benzene rings is 3. The van der Waals surface area contributed by atoms with Crippen LogP contribution in [0.2, 0.25) is 0 Å². The van der Waals surface area contributed by atoms with Crippen molar-refractivity contribution in [3.05, 3.63) is 101 Å². The second kappa shape index (κ2) is 8.86. The number of carbonyl (C=O) groups excluding carboxylic acids is 1. The number of hydrogen-bond acceptors (Lipinski definition) is 3. The molecule has 0 radical (unpaired) electrons. The summed E-state index contributed by atoms with van der Waals surface area (Å²) in [7, 11) is 1.61. The zero-order valence-corrected chi connectivity index (χ0v) is 15.5. The van der Waals surface area contributed by atoms with Crippen molar-refractivity contribution in [2.24, 2.45) is 0 Å². The summed E-state index contributed by atoms with van der Waals surface area (Å²) in [6, 6.07) is 23.2. The zero-order chi connectivity index (χ0) is 19.1. The smallest absolute Gasteiger partial charge is 0.185 e. The van der Waals surface area contributed by atoms with Crippen LogP contribution in [0.5, 0.6) is 11.5 Å². The van der Waals surface area contributed by atoms with E-state index in [0.717, 1.165) is 16.7 Å². The fraction of sp³-hybridized carbons (Fsp3) is 0.125. The number of hydrogen-bond donors (Lipinski definition) is 0. The first-order chi connectivity index (χ1) is 13.2. The Hall–Kier alpha value is -3.33. The van der Waals surface area contributed by atoms with Crippen molar-refractivity contribution in [3.63, 3.8) is 0 Å². The summed E-state index contributed by atoms with van der Waals surface area (Å²) >= 11 is 0. The fourth-order valence-corrected chi connectivity index (χ4v) is 2.71. The Kier molecular flexibility index (Phi) is 6.06. The maximum absolute atomic E-state index is 12.3. The van der Waals surface area contributed by atoms with Crippen LogP contribution in [-0.4, -0.2) is 12.9 Å². The largest absolute Gasteiger partial charge is 0.493 e. The van der Waals surface area contributed by atoms with Gasteiger partial charge in [0.1, 0.15) is 6.61 Å². The van der Waals surface area contributed by atoms with E-state index in [9.17, 15) is 4.79 Å². The first-order valence-corrected chi connectivity index (χ1v) is 8.79. The molecule has 0 atom stereocenters. The maximum atomic E-state index is 12.3. The average molecular weight is 358 g/mol. The molecule has 0 saturated carbocycles. The molecule has 0 aromatic heterocycles. The van der Waals surface area contributed by atoms with Gasteiger partial charge in [-0.3, -0.25) is 4.79 Å². The van der Waals surface area contributed by atoms with Crippen molar-refractivity contribution in [1.82, 2.24) is 0 Å². The van der Waals surface area contributed by atoms with Gasteiger partial charge in [0.15, 0.2) is 17.3 Å². The summed E-state index contributed by atoms with van der Waals surface area (Å²) < 4.78 is 11.3. The number of allylic oxidation sites excluding steroid dienone is 1. The van der Waals surface area contributed by atoms with Crippen molar-refractivity contribution >= 4 is 11.9 Å². The monoisotopic (exact) mass is 358 g/mol. The normalized spacial score (nSPS) is 10.7. The van der Waals surface area contributed by atoms with E-state index in [-0.39, 0.29) is 5.78 Å². The predicted octanol–water partition coefficient (Wildman–Crippen LogP) is 5.48. The third-order valence-corrected chi connectivity index (χ3v) is 4.15. The van der Waals surface area contributed by atoms with Gasteiger partial charge in [0.25, 0.3) is 0 Å². The number of ether oxygens (including phenoxy) is 2. The van der Waals surface area contributed by atoms with Crippen LogP contribution in [0.4, 0.5) is 0 Å². The van der Waals surface area contributed by atoms with E-state index in [2.05, 4.69) is 0 Å². The molecule has 0 aliphatic rings. The lowest BCUT2D eigenvalue weighted by molar-refractivity contribution is 0.104. The molecule has 0 aliphatic carbocycles. The molecule has 0 bridgehead atoms. The SMILES string of the molecule is COc1cc(/C=C/C(=O)c2cccc(C)c2)ccc1OCc1ccccc1. The van der Waals surface area contributed by atoms with Gasteiger partial charge in [0.2, 0.25) is 0 Å². The molecule has 0 N–H and O–H groups in total. The number of rotatable bonds is 7. The van der Waals surface area contributed by atoms with Crippen molar-refractivity contribution in [2.75, 3.05) is 7.11 Å². The van der Waals surface area contributed by atoms with E-state index in [4.69, 9.17) is 9.47 Å². The number of carbonyl (C=O) groups is 1. The quantitative estimate of drug-likeness (QED) is 0.414. The van der Waals surface area contributed by atoms with E-state index in [1.54, 1.807) is 19.3 Å².